The summed E-state index contributed by atoms with van der Waals surface area (Å²) in [7, 11) is -0.0683. The molecule has 0 radical (unpaired) electrons. The molecule has 2 aromatic carbocycles. The van der Waals surface area contributed by atoms with Crippen molar-refractivity contribution in [3.05, 3.63) is 60.8 Å². The van der Waals surface area contributed by atoms with Crippen LogP contribution in [0, 0.1) is 6.92 Å². The normalized spacial score (nSPS) is 15.3. The molecule has 0 bridgehead atoms. The zero-order chi connectivity index (χ0) is 25.6. The first kappa shape index (κ1) is 23.4. The largest absolute Gasteiger partial charge is 0.457 e. The third-order valence-corrected chi connectivity index (χ3v) is 8.99. The molecule has 37 heavy (non-hydrogen) atoms. The van der Waals surface area contributed by atoms with Crippen LogP contribution in [0.15, 0.2) is 55.2 Å². The SMILES string of the molecule is Cc1cc(Nc2ncnc3cnc(N4CCP(C)(=O)CC4)nc23)ccc1Oc1ccc2c(c1)ncn2C. The van der Waals surface area contributed by atoms with E-state index in [0.717, 1.165) is 33.8 Å². The molecule has 1 aliphatic rings. The molecule has 11 heteroatoms. The summed E-state index contributed by atoms with van der Waals surface area (Å²) in [6.07, 6.45) is 6.36. The highest BCUT2D eigenvalue weighted by Crippen LogP contribution is 2.43. The monoisotopic (exact) mass is 514 g/mol. The van der Waals surface area contributed by atoms with Crippen LogP contribution in [-0.4, -0.2) is 61.6 Å². The van der Waals surface area contributed by atoms with E-state index in [1.54, 1.807) is 12.5 Å². The van der Waals surface area contributed by atoms with Crippen LogP contribution >= 0.6 is 7.14 Å². The number of nitrogens with one attached hydrogen (secondary N) is 1. The molecule has 6 rings (SSSR count). The Balaban J connectivity index is 1.23. The fourth-order valence-corrected chi connectivity index (χ4v) is 6.01. The van der Waals surface area contributed by atoms with E-state index in [0.29, 0.717) is 48.2 Å². The summed E-state index contributed by atoms with van der Waals surface area (Å²) in [6, 6.07) is 11.8. The molecular formula is C26H27N8O2P. The van der Waals surface area contributed by atoms with Crippen molar-refractivity contribution in [2.45, 2.75) is 6.92 Å². The number of imidazole rings is 1. The zero-order valence-electron chi connectivity index (χ0n) is 20.9. The van der Waals surface area contributed by atoms with Gasteiger partial charge in [0.15, 0.2) is 5.82 Å². The molecule has 1 aliphatic heterocycles. The zero-order valence-corrected chi connectivity index (χ0v) is 21.8. The Morgan fingerprint density at radius 2 is 1.84 bits per heavy atom. The number of ether oxygens (including phenoxy) is 1. The molecule has 5 aromatic rings. The number of hydrogen-bond donors (Lipinski definition) is 1. The van der Waals surface area contributed by atoms with Crippen molar-refractivity contribution in [2.75, 3.05) is 42.3 Å². The lowest BCUT2D eigenvalue weighted by Gasteiger charge is -2.30. The van der Waals surface area contributed by atoms with Crippen molar-refractivity contribution in [1.29, 1.82) is 0 Å². The molecule has 0 unspecified atom stereocenters. The van der Waals surface area contributed by atoms with E-state index in [2.05, 4.69) is 30.2 Å². The molecule has 0 spiro atoms. The number of aromatic nitrogens is 6. The first-order valence-electron chi connectivity index (χ1n) is 12.1. The van der Waals surface area contributed by atoms with Crippen molar-refractivity contribution >= 4 is 46.7 Å². The Bertz CT molecular complexity index is 1670. The minimum absolute atomic E-state index is 0.598. The molecule has 188 valence electrons. The van der Waals surface area contributed by atoms with Crippen LogP contribution in [0.2, 0.25) is 0 Å². The topological polar surface area (TPSA) is 111 Å². The number of fused-ring (bicyclic) bond motifs is 2. The van der Waals surface area contributed by atoms with Crippen LogP contribution in [0.4, 0.5) is 17.5 Å². The minimum atomic E-state index is -2.04. The average molecular weight is 515 g/mol. The maximum Gasteiger partial charge on any atom is 0.226 e. The molecule has 0 aliphatic carbocycles. The molecule has 0 atom stereocenters. The summed E-state index contributed by atoms with van der Waals surface area (Å²) in [6.45, 7) is 5.24. The molecule has 1 fully saturated rings. The van der Waals surface area contributed by atoms with Gasteiger partial charge < -0.3 is 24.1 Å². The lowest BCUT2D eigenvalue weighted by Crippen LogP contribution is -2.35. The summed E-state index contributed by atoms with van der Waals surface area (Å²) in [5, 5.41) is 3.38. The van der Waals surface area contributed by atoms with Gasteiger partial charge in [0.2, 0.25) is 5.95 Å². The van der Waals surface area contributed by atoms with Crippen molar-refractivity contribution in [3.63, 3.8) is 0 Å². The van der Waals surface area contributed by atoms with Crippen molar-refractivity contribution in [3.8, 4) is 11.5 Å². The number of hydrogen-bond acceptors (Lipinski definition) is 9. The predicted octanol–water partition coefficient (Wildman–Crippen LogP) is 4.96. The average Bonchev–Trinajstić information content (AvgIpc) is 3.25. The number of anilines is 3. The first-order chi connectivity index (χ1) is 17.8. The highest BCUT2D eigenvalue weighted by molar-refractivity contribution is 7.63. The lowest BCUT2D eigenvalue weighted by molar-refractivity contribution is 0.479. The smallest absolute Gasteiger partial charge is 0.226 e. The first-order valence-corrected chi connectivity index (χ1v) is 14.6. The Morgan fingerprint density at radius 1 is 1.00 bits per heavy atom. The summed E-state index contributed by atoms with van der Waals surface area (Å²) < 4.78 is 20.5. The summed E-state index contributed by atoms with van der Waals surface area (Å²) in [4.78, 5) is 24.5. The Hall–Kier alpha value is -4.04. The van der Waals surface area contributed by atoms with Gasteiger partial charge in [-0.3, -0.25) is 0 Å². The Labute approximate surface area is 214 Å². The van der Waals surface area contributed by atoms with Gasteiger partial charge in [-0.1, -0.05) is 0 Å². The van der Waals surface area contributed by atoms with Crippen molar-refractivity contribution in [2.24, 2.45) is 7.05 Å². The van der Waals surface area contributed by atoms with E-state index in [1.807, 2.05) is 61.6 Å². The molecule has 3 aromatic heterocycles. The van der Waals surface area contributed by atoms with Crippen molar-refractivity contribution in [1.82, 2.24) is 29.5 Å². The van der Waals surface area contributed by atoms with Crippen LogP contribution in [0.25, 0.3) is 22.1 Å². The molecule has 4 heterocycles. The second kappa shape index (κ2) is 9.12. The van der Waals surface area contributed by atoms with Gasteiger partial charge >= 0.3 is 0 Å². The van der Waals surface area contributed by atoms with E-state index in [9.17, 15) is 4.57 Å². The molecular weight excluding hydrogens is 487 g/mol. The maximum absolute atomic E-state index is 12.4. The number of aryl methyl sites for hydroxylation is 2. The predicted molar refractivity (Wildman–Crippen MR) is 146 cm³/mol. The van der Waals surface area contributed by atoms with Gasteiger partial charge in [-0.25, -0.2) is 24.9 Å². The Kier molecular flexibility index (Phi) is 5.76. The van der Waals surface area contributed by atoms with Gasteiger partial charge in [0.05, 0.1) is 30.7 Å². The van der Waals surface area contributed by atoms with E-state index in [-0.39, 0.29) is 0 Å². The maximum atomic E-state index is 12.4. The molecule has 0 saturated carbocycles. The van der Waals surface area contributed by atoms with Crippen LogP contribution in [0.1, 0.15) is 5.56 Å². The summed E-state index contributed by atoms with van der Waals surface area (Å²) in [5.74, 6) is 2.70. The highest BCUT2D eigenvalue weighted by Gasteiger charge is 2.25. The highest BCUT2D eigenvalue weighted by atomic mass is 31.2. The Morgan fingerprint density at radius 3 is 2.65 bits per heavy atom. The van der Waals surface area contributed by atoms with Crippen LogP contribution in [-0.2, 0) is 11.6 Å². The van der Waals surface area contributed by atoms with Crippen molar-refractivity contribution < 1.29 is 9.30 Å². The quantitative estimate of drug-likeness (QED) is 0.325. The summed E-state index contributed by atoms with van der Waals surface area (Å²) in [5.41, 5.74) is 5.06. The van der Waals surface area contributed by atoms with Crippen LogP contribution in [0.3, 0.4) is 0 Å². The fourth-order valence-electron chi connectivity index (χ4n) is 4.46. The van der Waals surface area contributed by atoms with Gasteiger partial charge in [0.1, 0.15) is 28.9 Å². The second-order valence-electron chi connectivity index (χ2n) is 9.57. The van der Waals surface area contributed by atoms with E-state index in [4.69, 9.17) is 9.72 Å². The summed E-state index contributed by atoms with van der Waals surface area (Å²) >= 11 is 0. The van der Waals surface area contributed by atoms with Gasteiger partial charge in [0.25, 0.3) is 0 Å². The van der Waals surface area contributed by atoms with Crippen LogP contribution in [0.5, 0.6) is 11.5 Å². The minimum Gasteiger partial charge on any atom is -0.457 e. The number of nitrogens with zero attached hydrogens (tertiary/aromatic N) is 7. The fraction of sp³-hybridized carbons (Fsp3) is 0.269. The van der Waals surface area contributed by atoms with Gasteiger partial charge in [-0.05, 0) is 49.5 Å². The number of benzene rings is 2. The van der Waals surface area contributed by atoms with E-state index in [1.165, 1.54) is 6.33 Å². The van der Waals surface area contributed by atoms with Crippen LogP contribution < -0.4 is 15.0 Å². The van der Waals surface area contributed by atoms with Gasteiger partial charge in [-0.15, -0.1) is 0 Å². The lowest BCUT2D eigenvalue weighted by atomic mass is 10.2. The van der Waals surface area contributed by atoms with E-state index >= 15 is 0 Å². The van der Waals surface area contributed by atoms with E-state index < -0.39 is 7.14 Å². The van der Waals surface area contributed by atoms with Gasteiger partial charge in [0, 0.05) is 44.2 Å². The molecule has 10 nitrogen and oxygen atoms in total. The molecule has 0 amide bonds. The van der Waals surface area contributed by atoms with Gasteiger partial charge in [-0.2, -0.15) is 0 Å². The third kappa shape index (κ3) is 4.72. The number of rotatable bonds is 5. The second-order valence-corrected chi connectivity index (χ2v) is 13.1. The molecule has 1 N–H and O–H groups in total. The third-order valence-electron chi connectivity index (χ3n) is 6.70. The standard InChI is InChI=1S/C26H27N8O2P/c1-17-12-18(4-7-23(17)36-19-5-6-22-20(13-19)30-16-33(22)2)31-25-24-21(28-15-29-25)14-27-26(32-24)34-8-10-37(3,35)11-9-34/h4-7,12-16H,8-11H2,1-3H3,(H,28,29,31). The molecule has 1 saturated heterocycles.